The summed E-state index contributed by atoms with van der Waals surface area (Å²) >= 11 is 0. The SMILES string of the molecule is CC(=NCCCCCCO)C1=C(O)CC(C)(C)CC1=O. The number of carbonyl (C=O) groups is 1. The van der Waals surface area contributed by atoms with Gasteiger partial charge >= 0.3 is 0 Å². The highest BCUT2D eigenvalue weighted by Crippen LogP contribution is 2.36. The van der Waals surface area contributed by atoms with E-state index in [-0.39, 0.29) is 23.6 Å². The van der Waals surface area contributed by atoms with Gasteiger partial charge in [0, 0.05) is 31.7 Å². The Kier molecular flexibility index (Phi) is 6.40. The Balaban J connectivity index is 2.57. The maximum absolute atomic E-state index is 12.1. The lowest BCUT2D eigenvalue weighted by atomic mass is 9.76. The third kappa shape index (κ3) is 5.08. The largest absolute Gasteiger partial charge is 0.511 e. The molecule has 0 radical (unpaired) electrons. The lowest BCUT2D eigenvalue weighted by Gasteiger charge is -2.29. The summed E-state index contributed by atoms with van der Waals surface area (Å²) in [5, 5.41) is 18.8. The summed E-state index contributed by atoms with van der Waals surface area (Å²) in [6.45, 7) is 6.70. The van der Waals surface area contributed by atoms with Gasteiger partial charge in [0.05, 0.1) is 5.57 Å². The van der Waals surface area contributed by atoms with Crippen LogP contribution in [0.5, 0.6) is 0 Å². The van der Waals surface area contributed by atoms with Crippen molar-refractivity contribution >= 4 is 11.5 Å². The lowest BCUT2D eigenvalue weighted by molar-refractivity contribution is -0.117. The number of aliphatic hydroxyl groups excluding tert-OH is 2. The van der Waals surface area contributed by atoms with Gasteiger partial charge in [-0.1, -0.05) is 26.7 Å². The molecule has 20 heavy (non-hydrogen) atoms. The molecule has 114 valence electrons. The minimum Gasteiger partial charge on any atom is -0.511 e. The molecule has 1 aliphatic carbocycles. The Bertz CT molecular complexity index is 408. The second-order valence-corrected chi connectivity index (χ2v) is 6.37. The smallest absolute Gasteiger partial charge is 0.168 e. The molecule has 1 aliphatic rings. The fourth-order valence-corrected chi connectivity index (χ4v) is 2.60. The molecule has 0 aromatic carbocycles. The highest BCUT2D eigenvalue weighted by molar-refractivity contribution is 6.22. The predicted octanol–water partition coefficient (Wildman–Crippen LogP) is 3.20. The first-order chi connectivity index (χ1) is 9.37. The van der Waals surface area contributed by atoms with Gasteiger partial charge in [-0.2, -0.15) is 0 Å². The van der Waals surface area contributed by atoms with E-state index in [1.54, 1.807) is 6.92 Å². The number of hydrogen-bond donors (Lipinski definition) is 2. The average molecular weight is 281 g/mol. The zero-order chi connectivity index (χ0) is 15.2. The van der Waals surface area contributed by atoms with Crippen molar-refractivity contribution in [1.82, 2.24) is 0 Å². The zero-order valence-electron chi connectivity index (χ0n) is 12.9. The molecule has 4 nitrogen and oxygen atoms in total. The van der Waals surface area contributed by atoms with E-state index in [0.717, 1.165) is 25.7 Å². The number of aliphatic imine (C=N–C) groups is 1. The number of Topliss-reactive ketones (excluding diaryl/α,β-unsaturated/α-hetero) is 1. The number of allylic oxidation sites excluding steroid dienone is 2. The maximum Gasteiger partial charge on any atom is 0.168 e. The fourth-order valence-electron chi connectivity index (χ4n) is 2.60. The van der Waals surface area contributed by atoms with Gasteiger partial charge in [-0.25, -0.2) is 0 Å². The summed E-state index contributed by atoms with van der Waals surface area (Å²) < 4.78 is 0. The van der Waals surface area contributed by atoms with E-state index in [1.807, 2.05) is 13.8 Å². The van der Waals surface area contributed by atoms with E-state index in [9.17, 15) is 9.90 Å². The second-order valence-electron chi connectivity index (χ2n) is 6.37. The van der Waals surface area contributed by atoms with Crippen molar-refractivity contribution in [2.24, 2.45) is 10.4 Å². The van der Waals surface area contributed by atoms with Crippen LogP contribution in [-0.2, 0) is 4.79 Å². The van der Waals surface area contributed by atoms with Gasteiger partial charge < -0.3 is 10.2 Å². The normalized spacial score (nSPS) is 19.6. The van der Waals surface area contributed by atoms with E-state index < -0.39 is 0 Å². The Morgan fingerprint density at radius 1 is 1.20 bits per heavy atom. The number of aliphatic hydroxyl groups is 2. The maximum atomic E-state index is 12.1. The van der Waals surface area contributed by atoms with Crippen molar-refractivity contribution in [2.75, 3.05) is 13.2 Å². The third-order valence-corrected chi connectivity index (χ3v) is 3.63. The highest BCUT2D eigenvalue weighted by atomic mass is 16.3. The average Bonchev–Trinajstić information content (AvgIpc) is 2.31. The van der Waals surface area contributed by atoms with E-state index in [0.29, 0.717) is 30.7 Å². The molecule has 0 unspecified atom stereocenters. The van der Waals surface area contributed by atoms with Crippen molar-refractivity contribution in [2.45, 2.75) is 59.3 Å². The van der Waals surface area contributed by atoms with Crippen molar-refractivity contribution < 1.29 is 15.0 Å². The minimum atomic E-state index is -0.157. The van der Waals surface area contributed by atoms with Crippen LogP contribution in [0.15, 0.2) is 16.3 Å². The van der Waals surface area contributed by atoms with Gasteiger partial charge in [-0.3, -0.25) is 9.79 Å². The van der Waals surface area contributed by atoms with Crippen LogP contribution in [0.3, 0.4) is 0 Å². The summed E-state index contributed by atoms with van der Waals surface area (Å²) in [6, 6.07) is 0. The third-order valence-electron chi connectivity index (χ3n) is 3.63. The molecule has 0 aliphatic heterocycles. The Morgan fingerprint density at radius 2 is 1.85 bits per heavy atom. The van der Waals surface area contributed by atoms with Gasteiger partial charge in [0.2, 0.25) is 0 Å². The second kappa shape index (κ2) is 7.58. The van der Waals surface area contributed by atoms with E-state index in [1.165, 1.54) is 0 Å². The Morgan fingerprint density at radius 3 is 2.45 bits per heavy atom. The molecule has 0 amide bonds. The minimum absolute atomic E-state index is 0.000260. The number of ketones is 1. The summed E-state index contributed by atoms with van der Waals surface area (Å²) in [7, 11) is 0. The summed E-state index contributed by atoms with van der Waals surface area (Å²) in [4.78, 5) is 16.5. The molecule has 0 aromatic rings. The molecule has 0 atom stereocenters. The molecule has 4 heteroatoms. The molecule has 0 bridgehead atoms. The number of hydrogen-bond acceptors (Lipinski definition) is 4. The van der Waals surface area contributed by atoms with E-state index in [4.69, 9.17) is 5.11 Å². The summed E-state index contributed by atoms with van der Waals surface area (Å²) in [5.74, 6) is 0.188. The first kappa shape index (κ1) is 16.9. The van der Waals surface area contributed by atoms with Crippen LogP contribution < -0.4 is 0 Å². The monoisotopic (exact) mass is 281 g/mol. The summed E-state index contributed by atoms with van der Waals surface area (Å²) in [5.41, 5.74) is 0.930. The molecule has 0 spiro atoms. The number of unbranched alkanes of at least 4 members (excludes halogenated alkanes) is 3. The van der Waals surface area contributed by atoms with Gasteiger partial charge in [0.1, 0.15) is 5.76 Å². The molecule has 0 aromatic heterocycles. The van der Waals surface area contributed by atoms with Crippen LogP contribution in [0, 0.1) is 5.41 Å². The molecule has 0 heterocycles. The lowest BCUT2D eigenvalue weighted by Crippen LogP contribution is -2.28. The number of nitrogens with zero attached hydrogens (tertiary/aromatic N) is 1. The highest BCUT2D eigenvalue weighted by Gasteiger charge is 2.33. The topological polar surface area (TPSA) is 69.9 Å². The standard InChI is InChI=1S/C16H27NO3/c1-12(17-8-6-4-5-7-9-18)15-13(19)10-16(2,3)11-14(15)20/h18-19H,4-11H2,1-3H3. The summed E-state index contributed by atoms with van der Waals surface area (Å²) in [6.07, 6.45) is 4.83. The molecular formula is C16H27NO3. The van der Waals surface area contributed by atoms with Crippen LogP contribution in [0.1, 0.15) is 59.3 Å². The first-order valence-electron chi connectivity index (χ1n) is 7.45. The van der Waals surface area contributed by atoms with Crippen LogP contribution >= 0.6 is 0 Å². The van der Waals surface area contributed by atoms with Gasteiger partial charge in [0.15, 0.2) is 5.78 Å². The quantitative estimate of drug-likeness (QED) is 0.556. The zero-order valence-corrected chi connectivity index (χ0v) is 12.9. The van der Waals surface area contributed by atoms with Crippen LogP contribution in [0.4, 0.5) is 0 Å². The van der Waals surface area contributed by atoms with Crippen LogP contribution in [0.2, 0.25) is 0 Å². The van der Waals surface area contributed by atoms with Crippen LogP contribution in [-0.4, -0.2) is 34.9 Å². The number of rotatable bonds is 7. The Labute approximate surface area is 121 Å². The van der Waals surface area contributed by atoms with Crippen molar-refractivity contribution in [3.05, 3.63) is 11.3 Å². The first-order valence-corrected chi connectivity index (χ1v) is 7.45. The predicted molar refractivity (Wildman–Crippen MR) is 81.2 cm³/mol. The van der Waals surface area contributed by atoms with Crippen molar-refractivity contribution in [1.29, 1.82) is 0 Å². The molecule has 0 fully saturated rings. The van der Waals surface area contributed by atoms with E-state index >= 15 is 0 Å². The van der Waals surface area contributed by atoms with Crippen LogP contribution in [0.25, 0.3) is 0 Å². The Hall–Kier alpha value is -1.16. The molecule has 1 rings (SSSR count). The van der Waals surface area contributed by atoms with Crippen molar-refractivity contribution in [3.63, 3.8) is 0 Å². The fraction of sp³-hybridized carbons (Fsp3) is 0.750. The van der Waals surface area contributed by atoms with Gasteiger partial charge in [-0.05, 0) is 25.2 Å². The molecular weight excluding hydrogens is 254 g/mol. The molecule has 0 saturated carbocycles. The van der Waals surface area contributed by atoms with Crippen molar-refractivity contribution in [3.8, 4) is 0 Å². The number of carbonyl (C=O) groups excluding carboxylic acids is 1. The molecule has 2 N–H and O–H groups in total. The van der Waals surface area contributed by atoms with E-state index in [2.05, 4.69) is 4.99 Å². The van der Waals surface area contributed by atoms with Gasteiger partial charge in [-0.15, -0.1) is 0 Å². The van der Waals surface area contributed by atoms with Gasteiger partial charge in [0.25, 0.3) is 0 Å². The molecule has 0 saturated heterocycles.